The summed E-state index contributed by atoms with van der Waals surface area (Å²) in [6.07, 6.45) is 5.25. The molecule has 0 bridgehead atoms. The standard InChI is InChI=1S/C14H19N3O/c1-2-3-4-7-14(18)17-13-11-12(6-5-9-15)8-10-16-13/h8,10-11H,2-4,7,9,15H2,1H3,(H,16,17,18). The van der Waals surface area contributed by atoms with Crippen LogP contribution in [-0.4, -0.2) is 17.4 Å². The van der Waals surface area contributed by atoms with Gasteiger partial charge in [-0.3, -0.25) is 4.79 Å². The highest BCUT2D eigenvalue weighted by atomic mass is 16.1. The average Bonchev–Trinajstić information content (AvgIpc) is 2.37. The molecule has 18 heavy (non-hydrogen) atoms. The largest absolute Gasteiger partial charge is 0.320 e. The van der Waals surface area contributed by atoms with Crippen molar-refractivity contribution in [3.05, 3.63) is 23.9 Å². The Hall–Kier alpha value is -1.86. The number of amides is 1. The molecule has 0 aromatic carbocycles. The van der Waals surface area contributed by atoms with E-state index in [-0.39, 0.29) is 5.91 Å². The summed E-state index contributed by atoms with van der Waals surface area (Å²) in [4.78, 5) is 15.7. The van der Waals surface area contributed by atoms with Gasteiger partial charge in [-0.1, -0.05) is 31.6 Å². The molecule has 96 valence electrons. The number of rotatable bonds is 5. The van der Waals surface area contributed by atoms with E-state index in [2.05, 4.69) is 29.1 Å². The molecule has 4 nitrogen and oxygen atoms in total. The number of nitrogens with one attached hydrogen (secondary N) is 1. The fourth-order valence-corrected chi connectivity index (χ4v) is 1.47. The Balaban J connectivity index is 2.53. The molecule has 1 aromatic rings. The fraction of sp³-hybridized carbons (Fsp3) is 0.429. The Bertz CT molecular complexity index is 446. The van der Waals surface area contributed by atoms with E-state index in [1.165, 1.54) is 0 Å². The maximum absolute atomic E-state index is 11.6. The summed E-state index contributed by atoms with van der Waals surface area (Å²) in [6.45, 7) is 2.43. The summed E-state index contributed by atoms with van der Waals surface area (Å²) in [7, 11) is 0. The molecule has 0 aliphatic carbocycles. The first-order chi connectivity index (χ1) is 8.76. The molecule has 1 rings (SSSR count). The van der Waals surface area contributed by atoms with Gasteiger partial charge in [-0.15, -0.1) is 0 Å². The lowest BCUT2D eigenvalue weighted by atomic mass is 10.2. The molecule has 1 amide bonds. The molecule has 0 fully saturated rings. The van der Waals surface area contributed by atoms with Crippen molar-refractivity contribution in [2.45, 2.75) is 32.6 Å². The van der Waals surface area contributed by atoms with E-state index in [1.54, 1.807) is 18.3 Å². The van der Waals surface area contributed by atoms with Gasteiger partial charge in [0.2, 0.25) is 5.91 Å². The van der Waals surface area contributed by atoms with Crippen LogP contribution >= 0.6 is 0 Å². The van der Waals surface area contributed by atoms with Gasteiger partial charge in [-0.2, -0.15) is 0 Å². The normalized spacial score (nSPS) is 9.44. The van der Waals surface area contributed by atoms with Crippen LogP contribution in [0.2, 0.25) is 0 Å². The number of nitrogens with two attached hydrogens (primary N) is 1. The molecule has 4 heteroatoms. The summed E-state index contributed by atoms with van der Waals surface area (Å²) >= 11 is 0. The van der Waals surface area contributed by atoms with Gasteiger partial charge >= 0.3 is 0 Å². The number of hydrogen-bond acceptors (Lipinski definition) is 3. The molecule has 0 aliphatic heterocycles. The number of unbranched alkanes of at least 4 members (excludes halogenated alkanes) is 2. The maximum atomic E-state index is 11.6. The third kappa shape index (κ3) is 5.46. The monoisotopic (exact) mass is 245 g/mol. The molecular weight excluding hydrogens is 226 g/mol. The molecular formula is C14H19N3O. The second kappa shape index (κ2) is 8.26. The third-order valence-corrected chi connectivity index (χ3v) is 2.37. The number of carbonyl (C=O) groups is 1. The zero-order valence-corrected chi connectivity index (χ0v) is 10.7. The number of carbonyl (C=O) groups excluding carboxylic acids is 1. The number of hydrogen-bond donors (Lipinski definition) is 2. The molecule has 0 saturated heterocycles. The summed E-state index contributed by atoms with van der Waals surface area (Å²) in [5, 5.41) is 2.77. The summed E-state index contributed by atoms with van der Waals surface area (Å²) in [6, 6.07) is 3.54. The Morgan fingerprint density at radius 3 is 3.06 bits per heavy atom. The number of nitrogens with zero attached hydrogens (tertiary/aromatic N) is 1. The van der Waals surface area contributed by atoms with E-state index in [0.717, 1.165) is 24.8 Å². The van der Waals surface area contributed by atoms with Crippen molar-refractivity contribution in [2.75, 3.05) is 11.9 Å². The van der Waals surface area contributed by atoms with Gasteiger partial charge in [-0.25, -0.2) is 4.98 Å². The third-order valence-electron chi connectivity index (χ3n) is 2.37. The van der Waals surface area contributed by atoms with Crippen molar-refractivity contribution in [2.24, 2.45) is 5.73 Å². The van der Waals surface area contributed by atoms with Crippen LogP contribution in [-0.2, 0) is 4.79 Å². The maximum Gasteiger partial charge on any atom is 0.225 e. The number of pyridine rings is 1. The quantitative estimate of drug-likeness (QED) is 0.615. The van der Waals surface area contributed by atoms with E-state index >= 15 is 0 Å². The van der Waals surface area contributed by atoms with Crippen LogP contribution in [0.25, 0.3) is 0 Å². The van der Waals surface area contributed by atoms with Crippen molar-refractivity contribution in [1.82, 2.24) is 4.98 Å². The van der Waals surface area contributed by atoms with E-state index in [4.69, 9.17) is 5.73 Å². The second-order valence-corrected chi connectivity index (χ2v) is 3.94. The van der Waals surface area contributed by atoms with Gasteiger partial charge in [-0.05, 0) is 18.6 Å². The predicted octanol–water partition coefficient (Wildman–Crippen LogP) is 1.91. The van der Waals surface area contributed by atoms with Crippen molar-refractivity contribution < 1.29 is 4.79 Å². The first kappa shape index (κ1) is 14.2. The molecule has 0 atom stereocenters. The molecule has 1 aromatic heterocycles. The Kier molecular flexibility index (Phi) is 6.52. The zero-order valence-electron chi connectivity index (χ0n) is 10.7. The van der Waals surface area contributed by atoms with Gasteiger partial charge in [0.1, 0.15) is 5.82 Å². The minimum absolute atomic E-state index is 0.000107. The van der Waals surface area contributed by atoms with E-state index in [9.17, 15) is 4.79 Å². The van der Waals surface area contributed by atoms with Gasteiger partial charge < -0.3 is 11.1 Å². The van der Waals surface area contributed by atoms with Crippen LogP contribution < -0.4 is 11.1 Å². The Labute approximate surface area is 108 Å². The molecule has 1 heterocycles. The van der Waals surface area contributed by atoms with Crippen molar-refractivity contribution in [3.63, 3.8) is 0 Å². The van der Waals surface area contributed by atoms with Crippen molar-refractivity contribution in [3.8, 4) is 11.8 Å². The summed E-state index contributed by atoms with van der Waals surface area (Å²) < 4.78 is 0. The van der Waals surface area contributed by atoms with Gasteiger partial charge in [0.05, 0.1) is 6.54 Å². The lowest BCUT2D eigenvalue weighted by molar-refractivity contribution is -0.116. The highest BCUT2D eigenvalue weighted by molar-refractivity contribution is 5.89. The van der Waals surface area contributed by atoms with Crippen LogP contribution in [0.1, 0.15) is 38.2 Å². The zero-order chi connectivity index (χ0) is 13.2. The molecule has 0 aliphatic rings. The van der Waals surface area contributed by atoms with E-state index in [1.807, 2.05) is 0 Å². The number of anilines is 1. The fourth-order valence-electron chi connectivity index (χ4n) is 1.47. The van der Waals surface area contributed by atoms with E-state index in [0.29, 0.717) is 18.8 Å². The second-order valence-electron chi connectivity index (χ2n) is 3.94. The average molecular weight is 245 g/mol. The Morgan fingerprint density at radius 2 is 2.33 bits per heavy atom. The molecule has 0 unspecified atom stereocenters. The minimum Gasteiger partial charge on any atom is -0.320 e. The minimum atomic E-state index is -0.000107. The first-order valence-corrected chi connectivity index (χ1v) is 6.21. The summed E-state index contributed by atoms with van der Waals surface area (Å²) in [5.41, 5.74) is 6.11. The SMILES string of the molecule is CCCCCC(=O)Nc1cc(C#CCN)ccn1. The predicted molar refractivity (Wildman–Crippen MR) is 72.9 cm³/mol. The molecule has 3 N–H and O–H groups in total. The highest BCUT2D eigenvalue weighted by Gasteiger charge is 2.02. The first-order valence-electron chi connectivity index (χ1n) is 6.21. The smallest absolute Gasteiger partial charge is 0.225 e. The summed E-state index contributed by atoms with van der Waals surface area (Å²) in [5.74, 6) is 6.21. The van der Waals surface area contributed by atoms with Crippen LogP contribution in [0.3, 0.4) is 0 Å². The molecule has 0 saturated carbocycles. The van der Waals surface area contributed by atoms with Crippen molar-refractivity contribution >= 4 is 11.7 Å². The van der Waals surface area contributed by atoms with Crippen LogP contribution in [0.4, 0.5) is 5.82 Å². The van der Waals surface area contributed by atoms with Gasteiger partial charge in [0, 0.05) is 18.2 Å². The Morgan fingerprint density at radius 1 is 1.50 bits per heavy atom. The van der Waals surface area contributed by atoms with Gasteiger partial charge in [0.15, 0.2) is 0 Å². The lowest BCUT2D eigenvalue weighted by Crippen LogP contribution is -2.12. The topological polar surface area (TPSA) is 68.0 Å². The molecule has 0 spiro atoms. The van der Waals surface area contributed by atoms with Crippen LogP contribution in [0.5, 0.6) is 0 Å². The van der Waals surface area contributed by atoms with Crippen LogP contribution in [0, 0.1) is 11.8 Å². The lowest BCUT2D eigenvalue weighted by Gasteiger charge is -2.04. The highest BCUT2D eigenvalue weighted by Crippen LogP contribution is 2.07. The van der Waals surface area contributed by atoms with Gasteiger partial charge in [0.25, 0.3) is 0 Å². The van der Waals surface area contributed by atoms with E-state index < -0.39 is 0 Å². The molecule has 0 radical (unpaired) electrons. The van der Waals surface area contributed by atoms with Crippen molar-refractivity contribution in [1.29, 1.82) is 0 Å². The van der Waals surface area contributed by atoms with Crippen LogP contribution in [0.15, 0.2) is 18.3 Å². The number of aromatic nitrogens is 1.